The van der Waals surface area contributed by atoms with E-state index < -0.39 is 12.4 Å². The van der Waals surface area contributed by atoms with Crippen molar-refractivity contribution in [1.82, 2.24) is 15.2 Å². The van der Waals surface area contributed by atoms with E-state index in [9.17, 15) is 13.2 Å². The van der Waals surface area contributed by atoms with Crippen molar-refractivity contribution in [3.63, 3.8) is 0 Å². The molecular formula is C13H15F3N4O. The summed E-state index contributed by atoms with van der Waals surface area (Å²) < 4.78 is 42.3. The molecule has 1 aromatic carbocycles. The van der Waals surface area contributed by atoms with Crippen LogP contribution >= 0.6 is 0 Å². The van der Waals surface area contributed by atoms with Gasteiger partial charge < -0.3 is 4.74 Å². The molecule has 0 spiro atoms. The third kappa shape index (κ3) is 3.73. The van der Waals surface area contributed by atoms with Crippen molar-refractivity contribution in [1.29, 1.82) is 0 Å². The molecule has 21 heavy (non-hydrogen) atoms. The van der Waals surface area contributed by atoms with Gasteiger partial charge in [-0.3, -0.25) is 10.5 Å². The van der Waals surface area contributed by atoms with Crippen molar-refractivity contribution < 1.29 is 17.9 Å². The van der Waals surface area contributed by atoms with Gasteiger partial charge in [-0.2, -0.15) is 5.10 Å². The van der Waals surface area contributed by atoms with Crippen molar-refractivity contribution >= 4 is 0 Å². The van der Waals surface area contributed by atoms with Gasteiger partial charge in [0.15, 0.2) is 0 Å². The van der Waals surface area contributed by atoms with Crippen molar-refractivity contribution in [2.75, 3.05) is 0 Å². The Morgan fingerprint density at radius 2 is 2.10 bits per heavy atom. The Hall–Kier alpha value is -2.06. The van der Waals surface area contributed by atoms with E-state index in [0.29, 0.717) is 5.56 Å². The van der Waals surface area contributed by atoms with Gasteiger partial charge in [0.05, 0.1) is 11.7 Å². The van der Waals surface area contributed by atoms with E-state index in [1.807, 2.05) is 0 Å². The molecule has 0 fully saturated rings. The summed E-state index contributed by atoms with van der Waals surface area (Å²) in [7, 11) is 1.76. The number of ether oxygens (including phenoxy) is 1. The normalized spacial score (nSPS) is 13.2. The molecule has 0 amide bonds. The number of alkyl halides is 3. The minimum absolute atomic E-state index is 0.290. The Bertz CT molecular complexity index is 624. The number of hydrogen-bond acceptors (Lipinski definition) is 4. The first kappa shape index (κ1) is 15.3. The summed E-state index contributed by atoms with van der Waals surface area (Å²) in [6.45, 7) is 1.80. The number of hydrogen-bond donors (Lipinski definition) is 2. The van der Waals surface area contributed by atoms with E-state index in [2.05, 4.69) is 15.3 Å². The molecule has 1 atom stereocenters. The molecule has 0 saturated heterocycles. The average Bonchev–Trinajstić information content (AvgIpc) is 2.68. The van der Waals surface area contributed by atoms with Crippen molar-refractivity contribution in [3.05, 3.63) is 47.3 Å². The molecule has 1 aromatic heterocycles. The number of halogens is 3. The Balaban J connectivity index is 2.35. The first-order chi connectivity index (χ1) is 9.80. The fraction of sp³-hybridized carbons (Fsp3) is 0.308. The Labute approximate surface area is 119 Å². The van der Waals surface area contributed by atoms with Gasteiger partial charge in [-0.1, -0.05) is 12.1 Å². The van der Waals surface area contributed by atoms with Gasteiger partial charge in [-0.25, -0.2) is 5.43 Å². The highest BCUT2D eigenvalue weighted by molar-refractivity contribution is 5.37. The minimum atomic E-state index is -4.73. The van der Waals surface area contributed by atoms with Gasteiger partial charge in [0, 0.05) is 18.8 Å². The second kappa shape index (κ2) is 5.74. The lowest BCUT2D eigenvalue weighted by molar-refractivity contribution is -0.274. The third-order valence-electron chi connectivity index (χ3n) is 2.95. The minimum Gasteiger partial charge on any atom is -0.406 e. The summed E-state index contributed by atoms with van der Waals surface area (Å²) >= 11 is 0. The molecule has 0 aliphatic rings. The maximum Gasteiger partial charge on any atom is 0.573 e. The highest BCUT2D eigenvalue weighted by Gasteiger charge is 2.31. The van der Waals surface area contributed by atoms with E-state index in [1.54, 1.807) is 30.9 Å². The molecule has 114 valence electrons. The molecule has 0 aliphatic heterocycles. The van der Waals surface area contributed by atoms with E-state index in [4.69, 9.17) is 5.84 Å². The van der Waals surface area contributed by atoms with E-state index >= 15 is 0 Å². The first-order valence-electron chi connectivity index (χ1n) is 6.12. The van der Waals surface area contributed by atoms with Crippen LogP contribution in [0.25, 0.3) is 0 Å². The summed E-state index contributed by atoms with van der Waals surface area (Å²) in [5.74, 6) is 5.25. The van der Waals surface area contributed by atoms with Crippen molar-refractivity contribution in [2.24, 2.45) is 12.9 Å². The van der Waals surface area contributed by atoms with Crippen LogP contribution in [-0.2, 0) is 7.05 Å². The largest absolute Gasteiger partial charge is 0.573 e. The highest BCUT2D eigenvalue weighted by Crippen LogP contribution is 2.29. The topological polar surface area (TPSA) is 65.1 Å². The maximum atomic E-state index is 12.3. The Morgan fingerprint density at radius 3 is 2.62 bits per heavy atom. The Morgan fingerprint density at radius 1 is 1.38 bits per heavy atom. The number of aryl methyl sites for hydroxylation is 2. The van der Waals surface area contributed by atoms with Gasteiger partial charge in [0.2, 0.25) is 0 Å². The van der Waals surface area contributed by atoms with Crippen LogP contribution in [0, 0.1) is 6.92 Å². The molecule has 2 rings (SSSR count). The summed E-state index contributed by atoms with van der Waals surface area (Å²) in [5, 5.41) is 4.20. The van der Waals surface area contributed by atoms with Crippen LogP contribution in [0.3, 0.4) is 0 Å². The van der Waals surface area contributed by atoms with Crippen LogP contribution in [0.15, 0.2) is 30.5 Å². The highest BCUT2D eigenvalue weighted by atomic mass is 19.4. The number of nitrogens with zero attached hydrogens (tertiary/aromatic N) is 2. The molecule has 8 heteroatoms. The lowest BCUT2D eigenvalue weighted by Gasteiger charge is -2.17. The monoisotopic (exact) mass is 300 g/mol. The lowest BCUT2D eigenvalue weighted by Crippen LogP contribution is -2.29. The zero-order chi connectivity index (χ0) is 15.6. The molecule has 0 aliphatic carbocycles. The molecular weight excluding hydrogens is 285 g/mol. The lowest BCUT2D eigenvalue weighted by atomic mass is 10.00. The van der Waals surface area contributed by atoms with E-state index in [0.717, 1.165) is 11.3 Å². The van der Waals surface area contributed by atoms with Gasteiger partial charge in [-0.05, 0) is 24.6 Å². The molecule has 0 radical (unpaired) electrons. The van der Waals surface area contributed by atoms with Crippen molar-refractivity contribution in [2.45, 2.75) is 19.3 Å². The van der Waals surface area contributed by atoms with Gasteiger partial charge in [0.25, 0.3) is 0 Å². The first-order valence-corrected chi connectivity index (χ1v) is 6.12. The SMILES string of the molecule is Cc1nn(C)cc1C(NN)c1cccc(OC(F)(F)F)c1. The van der Waals surface area contributed by atoms with E-state index in [1.165, 1.54) is 18.2 Å². The van der Waals surface area contributed by atoms with Gasteiger partial charge >= 0.3 is 6.36 Å². The number of nitrogens with two attached hydrogens (primary N) is 1. The summed E-state index contributed by atoms with van der Waals surface area (Å²) in [4.78, 5) is 0. The van der Waals surface area contributed by atoms with Gasteiger partial charge in [0.1, 0.15) is 5.75 Å². The van der Waals surface area contributed by atoms with Crippen LogP contribution in [0.1, 0.15) is 22.9 Å². The van der Waals surface area contributed by atoms with Crippen LogP contribution in [-0.4, -0.2) is 16.1 Å². The van der Waals surface area contributed by atoms with Crippen LogP contribution < -0.4 is 16.0 Å². The van der Waals surface area contributed by atoms with Crippen LogP contribution in [0.5, 0.6) is 5.75 Å². The fourth-order valence-corrected chi connectivity index (χ4v) is 2.16. The third-order valence-corrected chi connectivity index (χ3v) is 2.95. The molecule has 1 heterocycles. The molecule has 3 N–H and O–H groups in total. The number of rotatable bonds is 4. The molecule has 0 bridgehead atoms. The predicted octanol–water partition coefficient (Wildman–Crippen LogP) is 2.18. The molecule has 0 saturated carbocycles. The fourth-order valence-electron chi connectivity index (χ4n) is 2.16. The van der Waals surface area contributed by atoms with Crippen molar-refractivity contribution in [3.8, 4) is 5.75 Å². The summed E-state index contributed by atoms with van der Waals surface area (Å²) in [6, 6.07) is 5.20. The number of hydrazine groups is 1. The Kier molecular flexibility index (Phi) is 4.19. The molecule has 5 nitrogen and oxygen atoms in total. The summed E-state index contributed by atoms with van der Waals surface area (Å²) in [6.07, 6.45) is -2.97. The second-order valence-electron chi connectivity index (χ2n) is 4.56. The number of benzene rings is 1. The smallest absolute Gasteiger partial charge is 0.406 e. The number of nitrogens with one attached hydrogen (secondary N) is 1. The zero-order valence-electron chi connectivity index (χ0n) is 11.5. The maximum absolute atomic E-state index is 12.3. The van der Waals surface area contributed by atoms with Crippen LogP contribution in [0.2, 0.25) is 0 Å². The zero-order valence-corrected chi connectivity index (χ0v) is 11.5. The predicted molar refractivity (Wildman–Crippen MR) is 70.2 cm³/mol. The van der Waals surface area contributed by atoms with Crippen LogP contribution in [0.4, 0.5) is 13.2 Å². The average molecular weight is 300 g/mol. The molecule has 1 unspecified atom stereocenters. The standard InChI is InChI=1S/C13H15F3N4O/c1-8-11(7-20(2)19-8)12(18-17)9-4-3-5-10(6-9)21-13(14,15)16/h3-7,12,18H,17H2,1-2H3. The molecule has 2 aromatic rings. The quantitative estimate of drug-likeness (QED) is 0.671. The van der Waals surface area contributed by atoms with E-state index in [-0.39, 0.29) is 5.75 Å². The number of aromatic nitrogens is 2. The second-order valence-corrected chi connectivity index (χ2v) is 4.56. The summed E-state index contributed by atoms with van der Waals surface area (Å²) in [5.41, 5.74) is 4.66. The van der Waals surface area contributed by atoms with Gasteiger partial charge in [-0.15, -0.1) is 13.2 Å².